The second-order valence-electron chi connectivity index (χ2n) is 9.48. The predicted molar refractivity (Wildman–Crippen MR) is 144 cm³/mol. The Labute approximate surface area is 227 Å². The first-order chi connectivity index (χ1) is 18.8. The summed E-state index contributed by atoms with van der Waals surface area (Å²) in [6.45, 7) is 5.15. The van der Waals surface area contributed by atoms with Crippen LogP contribution in [0.25, 0.3) is 28.0 Å². The van der Waals surface area contributed by atoms with Gasteiger partial charge in [0.25, 0.3) is 0 Å². The van der Waals surface area contributed by atoms with E-state index < -0.39 is 11.7 Å². The number of aromatic amines is 1. The summed E-state index contributed by atoms with van der Waals surface area (Å²) in [5, 5.41) is 6.50. The molecule has 1 N–H and O–H groups in total. The average molecular weight is 552 g/mol. The number of para-hydroxylation sites is 1. The Morgan fingerprint density at radius 1 is 1.00 bits per heavy atom. The molecule has 39 heavy (non-hydrogen) atoms. The summed E-state index contributed by atoms with van der Waals surface area (Å²) in [4.78, 5) is 18.0. The number of anilines is 1. The van der Waals surface area contributed by atoms with Crippen LogP contribution >= 0.6 is 11.6 Å². The van der Waals surface area contributed by atoms with E-state index in [9.17, 15) is 13.2 Å². The zero-order valence-corrected chi connectivity index (χ0v) is 22.1. The van der Waals surface area contributed by atoms with Crippen LogP contribution in [0.5, 0.6) is 0 Å². The van der Waals surface area contributed by atoms with E-state index in [-0.39, 0.29) is 5.95 Å². The Kier molecular flexibility index (Phi) is 6.29. The van der Waals surface area contributed by atoms with Gasteiger partial charge >= 0.3 is 6.18 Å². The number of nitrogens with one attached hydrogen (secondary N) is 1. The van der Waals surface area contributed by atoms with Gasteiger partial charge in [0.2, 0.25) is 5.95 Å². The normalized spacial score (nSPS) is 13.7. The third-order valence-corrected chi connectivity index (χ3v) is 7.52. The van der Waals surface area contributed by atoms with Gasteiger partial charge in [-0.2, -0.15) is 18.3 Å². The van der Waals surface area contributed by atoms with E-state index in [0.29, 0.717) is 24.5 Å². The van der Waals surface area contributed by atoms with Gasteiger partial charge in [-0.05, 0) is 30.0 Å². The fourth-order valence-corrected chi connectivity index (χ4v) is 5.48. The van der Waals surface area contributed by atoms with Crippen molar-refractivity contribution in [2.24, 2.45) is 0 Å². The molecule has 0 unspecified atom stereocenters. The van der Waals surface area contributed by atoms with Crippen molar-refractivity contribution in [2.75, 3.05) is 11.4 Å². The number of aryl methyl sites for hydroxylation is 2. The topological polar surface area (TPSA) is 75.5 Å². The first-order valence-electron chi connectivity index (χ1n) is 12.8. The van der Waals surface area contributed by atoms with Crippen LogP contribution in [0.3, 0.4) is 0 Å². The number of benzene rings is 1. The molecule has 5 heterocycles. The lowest BCUT2D eigenvalue weighted by Gasteiger charge is -2.27. The predicted octanol–water partition coefficient (Wildman–Crippen LogP) is 6.57. The monoisotopic (exact) mass is 551 g/mol. The van der Waals surface area contributed by atoms with Gasteiger partial charge in [-0.15, -0.1) is 0 Å². The molecule has 0 radical (unpaired) electrons. The Bertz CT molecular complexity index is 1650. The highest BCUT2D eigenvalue weighted by atomic mass is 35.5. The summed E-state index contributed by atoms with van der Waals surface area (Å²) in [5.74, 6) is 0.242. The summed E-state index contributed by atoms with van der Waals surface area (Å²) in [7, 11) is 0. The third-order valence-electron chi connectivity index (χ3n) is 7.23. The molecule has 5 aromatic rings. The van der Waals surface area contributed by atoms with E-state index in [4.69, 9.17) is 21.7 Å². The maximum atomic E-state index is 13.1. The quantitative estimate of drug-likeness (QED) is 0.267. The van der Waals surface area contributed by atoms with Gasteiger partial charge in [-0.25, -0.2) is 14.6 Å². The Hall–Kier alpha value is -3.92. The summed E-state index contributed by atoms with van der Waals surface area (Å²) < 4.78 is 41.3. The van der Waals surface area contributed by atoms with E-state index >= 15 is 0 Å². The smallest absolute Gasteiger partial charge is 0.360 e. The Balaban J connectivity index is 1.55. The lowest BCUT2D eigenvalue weighted by molar-refractivity contribution is -0.138. The van der Waals surface area contributed by atoms with Crippen molar-refractivity contribution in [3.63, 3.8) is 0 Å². The molecule has 0 saturated carbocycles. The molecular formula is C28H25ClF3N7. The number of aromatic nitrogens is 6. The van der Waals surface area contributed by atoms with Crippen LogP contribution in [0.2, 0.25) is 5.02 Å². The van der Waals surface area contributed by atoms with E-state index in [0.717, 1.165) is 75.6 Å². The molecule has 0 atom stereocenters. The highest BCUT2D eigenvalue weighted by molar-refractivity contribution is 6.35. The first-order valence-corrected chi connectivity index (χ1v) is 13.2. The number of pyridine rings is 1. The van der Waals surface area contributed by atoms with Crippen LogP contribution in [0.15, 0.2) is 49.1 Å². The van der Waals surface area contributed by atoms with E-state index in [1.165, 1.54) is 0 Å². The van der Waals surface area contributed by atoms with Crippen molar-refractivity contribution in [2.45, 2.75) is 45.8 Å². The summed E-state index contributed by atoms with van der Waals surface area (Å²) in [6.07, 6.45) is 2.86. The molecule has 1 aliphatic rings. The van der Waals surface area contributed by atoms with Crippen molar-refractivity contribution in [3.8, 4) is 17.1 Å². The fraction of sp³-hybridized carbons (Fsp3) is 0.286. The molecule has 1 aromatic carbocycles. The second kappa shape index (κ2) is 9.68. The summed E-state index contributed by atoms with van der Waals surface area (Å²) >= 11 is 6.45. The van der Waals surface area contributed by atoms with Gasteiger partial charge in [-0.1, -0.05) is 43.6 Å². The van der Waals surface area contributed by atoms with Crippen molar-refractivity contribution in [3.05, 3.63) is 82.0 Å². The van der Waals surface area contributed by atoms with E-state index in [1.54, 1.807) is 6.20 Å². The molecule has 11 heteroatoms. The molecule has 0 saturated heterocycles. The van der Waals surface area contributed by atoms with Crippen molar-refractivity contribution in [1.82, 2.24) is 29.7 Å². The zero-order chi connectivity index (χ0) is 27.3. The Morgan fingerprint density at radius 2 is 1.72 bits per heavy atom. The zero-order valence-electron chi connectivity index (χ0n) is 21.3. The molecular weight excluding hydrogens is 527 g/mol. The first kappa shape index (κ1) is 25.4. The SMILES string of the molecule is CCc1cccc(CC)c1-n1nc2c(c1-c1ncc(Cl)c3[nH]ccc13)CN(c1ncc(C(F)(F)F)cn1)CC2. The van der Waals surface area contributed by atoms with Crippen LogP contribution in [0, 0.1) is 0 Å². The number of fused-ring (bicyclic) bond motifs is 2. The third kappa shape index (κ3) is 4.32. The van der Waals surface area contributed by atoms with Gasteiger partial charge in [-0.3, -0.25) is 4.98 Å². The number of hydrogen-bond donors (Lipinski definition) is 1. The average Bonchev–Trinajstić information content (AvgIpc) is 3.58. The molecule has 0 amide bonds. The van der Waals surface area contributed by atoms with Crippen LogP contribution in [-0.2, 0) is 32.0 Å². The minimum Gasteiger partial charge on any atom is -0.360 e. The van der Waals surface area contributed by atoms with Crippen LogP contribution in [0.4, 0.5) is 19.1 Å². The van der Waals surface area contributed by atoms with Gasteiger partial charge in [0.05, 0.1) is 38.9 Å². The lowest BCUT2D eigenvalue weighted by atomic mass is 10.00. The van der Waals surface area contributed by atoms with Gasteiger partial charge in [0.15, 0.2) is 0 Å². The molecule has 200 valence electrons. The van der Waals surface area contributed by atoms with Gasteiger partial charge in [0.1, 0.15) is 0 Å². The van der Waals surface area contributed by atoms with Crippen LogP contribution in [0.1, 0.15) is 41.8 Å². The lowest BCUT2D eigenvalue weighted by Crippen LogP contribution is -2.31. The van der Waals surface area contributed by atoms with E-state index in [2.05, 4.69) is 47.0 Å². The number of alkyl halides is 3. The maximum absolute atomic E-state index is 13.1. The minimum atomic E-state index is -4.49. The molecule has 6 rings (SSSR count). The highest BCUT2D eigenvalue weighted by Gasteiger charge is 2.33. The molecule has 0 fully saturated rings. The number of halogens is 4. The Morgan fingerprint density at radius 3 is 2.38 bits per heavy atom. The van der Waals surface area contributed by atoms with Gasteiger partial charge < -0.3 is 9.88 Å². The van der Waals surface area contributed by atoms with Gasteiger partial charge in [0, 0.05) is 55.2 Å². The number of H-pyrrole nitrogens is 1. The van der Waals surface area contributed by atoms with Crippen molar-refractivity contribution >= 4 is 28.5 Å². The molecule has 0 aliphatic carbocycles. The number of rotatable bonds is 5. The molecule has 7 nitrogen and oxygen atoms in total. The van der Waals surface area contributed by atoms with Crippen molar-refractivity contribution in [1.29, 1.82) is 0 Å². The number of nitrogens with zero attached hydrogens (tertiary/aromatic N) is 6. The largest absolute Gasteiger partial charge is 0.419 e. The van der Waals surface area contributed by atoms with E-state index in [1.807, 2.05) is 21.8 Å². The van der Waals surface area contributed by atoms with Crippen LogP contribution < -0.4 is 4.90 Å². The maximum Gasteiger partial charge on any atom is 0.419 e. The molecule has 1 aliphatic heterocycles. The molecule has 0 spiro atoms. The summed E-state index contributed by atoms with van der Waals surface area (Å²) in [5.41, 5.74) is 6.69. The second-order valence-corrected chi connectivity index (χ2v) is 9.89. The molecule has 0 bridgehead atoms. The standard InChI is InChI=1S/C28H25ClF3N7/c1-3-16-6-5-7-17(4-2)25(16)39-26(24-19-8-10-33-23(19)21(29)14-34-24)20-15-38(11-9-22(20)37-39)27-35-12-18(13-36-27)28(30,31)32/h5-8,10,12-14,33H,3-4,9,11,15H2,1-2H3. The molecule has 4 aromatic heterocycles. The minimum absolute atomic E-state index is 0.242. The highest BCUT2D eigenvalue weighted by Crippen LogP contribution is 2.39. The van der Waals surface area contributed by atoms with Crippen LogP contribution in [-0.4, -0.2) is 36.3 Å². The fourth-order valence-electron chi connectivity index (χ4n) is 5.28. The van der Waals surface area contributed by atoms with Crippen molar-refractivity contribution < 1.29 is 13.2 Å². The summed E-state index contributed by atoms with van der Waals surface area (Å²) in [6, 6.07) is 8.24. The number of hydrogen-bond acceptors (Lipinski definition) is 5.